The Morgan fingerprint density at radius 1 is 1.20 bits per heavy atom. The van der Waals surface area contributed by atoms with Crippen molar-refractivity contribution in [2.75, 3.05) is 20.8 Å². The van der Waals surface area contributed by atoms with Crippen LogP contribution in [0.2, 0.25) is 0 Å². The van der Waals surface area contributed by atoms with Crippen LogP contribution >= 0.6 is 0 Å². The minimum Gasteiger partial charge on any atom is -0.497 e. The molecular formula is C18H17N3O4. The van der Waals surface area contributed by atoms with E-state index in [1.807, 2.05) is 6.07 Å². The number of carbonyl (C=O) groups excluding carboxylic acids is 1. The normalized spacial score (nSPS) is 10.1. The number of para-hydroxylation sites is 1. The Hall–Kier alpha value is -3.53. The van der Waals surface area contributed by atoms with Crippen molar-refractivity contribution in [1.29, 1.82) is 5.26 Å². The molecule has 2 aromatic carbocycles. The first-order chi connectivity index (χ1) is 12.2. The van der Waals surface area contributed by atoms with Crippen LogP contribution in [0.1, 0.15) is 11.1 Å². The van der Waals surface area contributed by atoms with Crippen LogP contribution in [0, 0.1) is 11.3 Å². The van der Waals surface area contributed by atoms with E-state index in [1.54, 1.807) is 49.6 Å². The third-order valence-corrected chi connectivity index (χ3v) is 3.20. The Morgan fingerprint density at radius 3 is 2.72 bits per heavy atom. The summed E-state index contributed by atoms with van der Waals surface area (Å²) in [5, 5.41) is 12.8. The second-order valence-electron chi connectivity index (χ2n) is 4.80. The summed E-state index contributed by atoms with van der Waals surface area (Å²) in [4.78, 5) is 11.8. The molecule has 7 nitrogen and oxygen atoms in total. The summed E-state index contributed by atoms with van der Waals surface area (Å²) >= 11 is 0. The molecule has 0 spiro atoms. The molecule has 0 heterocycles. The van der Waals surface area contributed by atoms with Crippen LogP contribution < -0.4 is 19.6 Å². The van der Waals surface area contributed by atoms with Crippen molar-refractivity contribution in [3.8, 4) is 23.3 Å². The highest BCUT2D eigenvalue weighted by Gasteiger charge is 2.06. The summed E-state index contributed by atoms with van der Waals surface area (Å²) in [5.74, 6) is 1.12. The van der Waals surface area contributed by atoms with E-state index in [0.717, 1.165) is 0 Å². The van der Waals surface area contributed by atoms with Crippen LogP contribution in [0.15, 0.2) is 47.6 Å². The van der Waals surface area contributed by atoms with E-state index in [9.17, 15) is 4.79 Å². The summed E-state index contributed by atoms with van der Waals surface area (Å²) < 4.78 is 15.7. The molecule has 128 valence electrons. The van der Waals surface area contributed by atoms with Gasteiger partial charge in [0, 0.05) is 11.6 Å². The fraction of sp³-hybridized carbons (Fsp3) is 0.167. The lowest BCUT2D eigenvalue weighted by Crippen LogP contribution is -2.24. The van der Waals surface area contributed by atoms with Crippen LogP contribution in [-0.2, 0) is 4.79 Å². The van der Waals surface area contributed by atoms with Crippen molar-refractivity contribution in [2.24, 2.45) is 5.10 Å². The largest absolute Gasteiger partial charge is 0.497 e. The highest BCUT2D eigenvalue weighted by molar-refractivity contribution is 5.85. The first-order valence-electron chi connectivity index (χ1n) is 7.33. The molecule has 0 unspecified atom stereocenters. The van der Waals surface area contributed by atoms with Crippen molar-refractivity contribution in [2.45, 2.75) is 0 Å². The number of ether oxygens (including phenoxy) is 3. The summed E-state index contributed by atoms with van der Waals surface area (Å²) in [6, 6.07) is 13.9. The van der Waals surface area contributed by atoms with Gasteiger partial charge in [-0.25, -0.2) is 5.43 Å². The Morgan fingerprint density at radius 2 is 2.00 bits per heavy atom. The molecule has 1 N–H and O–H groups in total. The summed E-state index contributed by atoms with van der Waals surface area (Å²) in [5.41, 5.74) is 3.40. The number of hydrazone groups is 1. The predicted octanol–water partition coefficient (Wildman–Crippen LogP) is 2.10. The molecule has 0 atom stereocenters. The van der Waals surface area contributed by atoms with Gasteiger partial charge in [-0.1, -0.05) is 12.1 Å². The molecule has 0 saturated carbocycles. The standard InChI is InChI=1S/C18H17N3O4/c1-23-15-8-7-14(17(9-15)24-2)11-20-21-18(22)12-25-16-6-4-3-5-13(16)10-19/h3-9,11H,12H2,1-2H3,(H,21,22)/b20-11+. The average molecular weight is 339 g/mol. The van der Waals surface area contributed by atoms with Gasteiger partial charge >= 0.3 is 0 Å². The van der Waals surface area contributed by atoms with Gasteiger partial charge in [0.1, 0.15) is 23.3 Å². The maximum absolute atomic E-state index is 11.8. The third-order valence-electron chi connectivity index (χ3n) is 3.20. The number of methoxy groups -OCH3 is 2. The van der Waals surface area contributed by atoms with Gasteiger partial charge in [0.25, 0.3) is 5.91 Å². The number of nitriles is 1. The number of rotatable bonds is 7. The number of hydrogen-bond donors (Lipinski definition) is 1. The SMILES string of the molecule is COc1ccc(/C=N/NC(=O)COc2ccccc2C#N)c(OC)c1. The van der Waals surface area contributed by atoms with Gasteiger partial charge in [-0.3, -0.25) is 4.79 Å². The monoisotopic (exact) mass is 339 g/mol. The Bertz CT molecular complexity index is 812. The van der Waals surface area contributed by atoms with Gasteiger partial charge in [0.05, 0.1) is 26.0 Å². The molecule has 0 fully saturated rings. The minimum absolute atomic E-state index is 0.254. The second-order valence-corrected chi connectivity index (χ2v) is 4.80. The molecule has 2 rings (SSSR count). The van der Waals surface area contributed by atoms with Crippen molar-refractivity contribution >= 4 is 12.1 Å². The average Bonchev–Trinajstić information content (AvgIpc) is 2.66. The van der Waals surface area contributed by atoms with E-state index in [4.69, 9.17) is 19.5 Å². The first kappa shape index (κ1) is 17.8. The summed E-state index contributed by atoms with van der Waals surface area (Å²) in [7, 11) is 3.10. The number of benzene rings is 2. The molecule has 1 amide bonds. The van der Waals surface area contributed by atoms with E-state index in [0.29, 0.717) is 28.4 Å². The maximum Gasteiger partial charge on any atom is 0.277 e. The molecule has 0 saturated heterocycles. The molecule has 0 bridgehead atoms. The zero-order valence-electron chi connectivity index (χ0n) is 13.9. The predicted molar refractivity (Wildman–Crippen MR) is 91.9 cm³/mol. The molecule has 0 aromatic heterocycles. The Labute approximate surface area is 145 Å². The van der Waals surface area contributed by atoms with E-state index < -0.39 is 5.91 Å². The van der Waals surface area contributed by atoms with Gasteiger partial charge < -0.3 is 14.2 Å². The number of carbonyl (C=O) groups is 1. The Balaban J connectivity index is 1.92. The zero-order valence-corrected chi connectivity index (χ0v) is 13.9. The van der Waals surface area contributed by atoms with Crippen molar-refractivity contribution in [3.63, 3.8) is 0 Å². The van der Waals surface area contributed by atoms with Crippen molar-refractivity contribution in [3.05, 3.63) is 53.6 Å². The highest BCUT2D eigenvalue weighted by atomic mass is 16.5. The van der Waals surface area contributed by atoms with Crippen LogP contribution in [-0.4, -0.2) is 32.9 Å². The minimum atomic E-state index is -0.448. The van der Waals surface area contributed by atoms with E-state index in [1.165, 1.54) is 13.3 Å². The first-order valence-corrected chi connectivity index (χ1v) is 7.33. The quantitative estimate of drug-likeness (QED) is 0.616. The van der Waals surface area contributed by atoms with Crippen molar-refractivity contribution < 1.29 is 19.0 Å². The molecule has 0 aliphatic rings. The topological polar surface area (TPSA) is 92.9 Å². The van der Waals surface area contributed by atoms with E-state index >= 15 is 0 Å². The van der Waals surface area contributed by atoms with Crippen molar-refractivity contribution in [1.82, 2.24) is 5.43 Å². The second kappa shape index (κ2) is 8.93. The summed E-state index contributed by atoms with van der Waals surface area (Å²) in [6.07, 6.45) is 1.46. The number of amides is 1. The van der Waals surface area contributed by atoms with Crippen LogP contribution in [0.3, 0.4) is 0 Å². The Kier molecular flexibility index (Phi) is 6.37. The summed E-state index contributed by atoms with van der Waals surface area (Å²) in [6.45, 7) is -0.254. The van der Waals surface area contributed by atoms with E-state index in [2.05, 4.69) is 10.5 Å². The fourth-order valence-corrected chi connectivity index (χ4v) is 1.96. The number of nitrogens with one attached hydrogen (secondary N) is 1. The maximum atomic E-state index is 11.8. The smallest absolute Gasteiger partial charge is 0.277 e. The highest BCUT2D eigenvalue weighted by Crippen LogP contribution is 2.23. The molecule has 0 aliphatic carbocycles. The molecule has 0 radical (unpaired) electrons. The van der Waals surface area contributed by atoms with Gasteiger partial charge in [-0.05, 0) is 24.3 Å². The van der Waals surface area contributed by atoms with E-state index in [-0.39, 0.29) is 6.61 Å². The van der Waals surface area contributed by atoms with Crippen LogP contribution in [0.5, 0.6) is 17.2 Å². The molecular weight excluding hydrogens is 322 g/mol. The molecule has 25 heavy (non-hydrogen) atoms. The van der Waals surface area contributed by atoms with Gasteiger partial charge in [0.15, 0.2) is 6.61 Å². The fourth-order valence-electron chi connectivity index (χ4n) is 1.96. The van der Waals surface area contributed by atoms with Gasteiger partial charge in [-0.15, -0.1) is 0 Å². The van der Waals surface area contributed by atoms with Crippen LogP contribution in [0.25, 0.3) is 0 Å². The number of hydrogen-bond acceptors (Lipinski definition) is 6. The molecule has 2 aromatic rings. The lowest BCUT2D eigenvalue weighted by molar-refractivity contribution is -0.123. The van der Waals surface area contributed by atoms with Gasteiger partial charge in [0.2, 0.25) is 0 Å². The third kappa shape index (κ3) is 4.97. The number of nitrogens with zero attached hydrogens (tertiary/aromatic N) is 2. The van der Waals surface area contributed by atoms with Crippen LogP contribution in [0.4, 0.5) is 0 Å². The lowest BCUT2D eigenvalue weighted by Gasteiger charge is -2.07. The molecule has 0 aliphatic heterocycles. The lowest BCUT2D eigenvalue weighted by atomic mass is 10.2. The molecule has 7 heteroatoms. The van der Waals surface area contributed by atoms with Gasteiger partial charge in [-0.2, -0.15) is 10.4 Å². The zero-order chi connectivity index (χ0) is 18.1.